The fraction of sp³-hybridized carbons (Fsp3) is 0.300. The summed E-state index contributed by atoms with van der Waals surface area (Å²) in [6.45, 7) is 5.33. The van der Waals surface area contributed by atoms with Crippen LogP contribution in [0.4, 0.5) is 0 Å². The maximum Gasteiger partial charge on any atom is 0.270 e. The molecule has 0 atom stereocenters. The summed E-state index contributed by atoms with van der Waals surface area (Å²) in [6.07, 6.45) is 1.74. The smallest absolute Gasteiger partial charge is 0.270 e. The van der Waals surface area contributed by atoms with Crippen LogP contribution in [0.2, 0.25) is 0 Å². The first-order valence-corrected chi connectivity index (χ1v) is 9.63. The van der Waals surface area contributed by atoms with Gasteiger partial charge < -0.3 is 10.2 Å². The number of amides is 2. The average Bonchev–Trinajstić information content (AvgIpc) is 3.15. The fourth-order valence-corrected chi connectivity index (χ4v) is 3.64. The van der Waals surface area contributed by atoms with Crippen molar-refractivity contribution < 1.29 is 9.59 Å². The molecule has 1 aromatic heterocycles. The lowest BCUT2D eigenvalue weighted by atomic mass is 10.1. The molecule has 2 aromatic rings. The van der Waals surface area contributed by atoms with Crippen LogP contribution in [0.15, 0.2) is 52.9 Å². The lowest BCUT2D eigenvalue weighted by Gasteiger charge is -2.35. The van der Waals surface area contributed by atoms with Crippen molar-refractivity contribution >= 4 is 29.2 Å². The summed E-state index contributed by atoms with van der Waals surface area (Å²) >= 11 is 1.71. The Bertz CT molecular complexity index is 764. The highest BCUT2D eigenvalue weighted by atomic mass is 32.1. The maximum absolute atomic E-state index is 12.9. The molecule has 0 bridgehead atoms. The minimum absolute atomic E-state index is 0.126. The first-order chi connectivity index (χ1) is 12.6. The van der Waals surface area contributed by atoms with Gasteiger partial charge in [0.15, 0.2) is 0 Å². The fourth-order valence-electron chi connectivity index (χ4n) is 2.98. The molecule has 0 unspecified atom stereocenters. The molecular formula is C20H23N3O2S. The molecule has 1 saturated heterocycles. The Hall–Kier alpha value is -2.44. The largest absolute Gasteiger partial charge is 0.335 e. The second-order valence-electron chi connectivity index (χ2n) is 6.35. The molecule has 1 N–H and O–H groups in total. The lowest BCUT2D eigenvalue weighted by Crippen LogP contribution is -2.50. The van der Waals surface area contributed by atoms with Crippen LogP contribution in [0.1, 0.15) is 18.1 Å². The quantitative estimate of drug-likeness (QED) is 0.824. The van der Waals surface area contributed by atoms with E-state index in [1.54, 1.807) is 17.4 Å². The molecular weight excluding hydrogens is 346 g/mol. The first kappa shape index (κ1) is 18.4. The van der Waals surface area contributed by atoms with Gasteiger partial charge in [0.1, 0.15) is 5.70 Å². The van der Waals surface area contributed by atoms with Crippen LogP contribution in [0, 0.1) is 0 Å². The second-order valence-corrected chi connectivity index (χ2v) is 7.13. The number of hydrogen-bond donors (Lipinski definition) is 1. The highest BCUT2D eigenvalue weighted by Gasteiger charge is 2.24. The van der Waals surface area contributed by atoms with E-state index in [0.717, 1.165) is 25.2 Å². The predicted octanol–water partition coefficient (Wildman–Crippen LogP) is 2.57. The number of nitrogens with one attached hydrogen (secondary N) is 1. The Morgan fingerprint density at radius 2 is 1.85 bits per heavy atom. The van der Waals surface area contributed by atoms with E-state index in [9.17, 15) is 9.59 Å². The van der Waals surface area contributed by atoms with E-state index in [2.05, 4.69) is 27.0 Å². The van der Waals surface area contributed by atoms with E-state index >= 15 is 0 Å². The molecule has 0 aliphatic carbocycles. The van der Waals surface area contributed by atoms with Gasteiger partial charge in [-0.1, -0.05) is 30.3 Å². The molecule has 0 spiro atoms. The highest BCUT2D eigenvalue weighted by Crippen LogP contribution is 2.14. The van der Waals surface area contributed by atoms with Crippen molar-refractivity contribution in [3.63, 3.8) is 0 Å². The van der Waals surface area contributed by atoms with Gasteiger partial charge in [-0.25, -0.2) is 0 Å². The monoisotopic (exact) mass is 369 g/mol. The maximum atomic E-state index is 12.9. The van der Waals surface area contributed by atoms with Crippen LogP contribution in [0.25, 0.3) is 6.08 Å². The highest BCUT2D eigenvalue weighted by molar-refractivity contribution is 7.07. The predicted molar refractivity (Wildman–Crippen MR) is 104 cm³/mol. The number of carbonyl (C=O) groups excluding carboxylic acids is 2. The van der Waals surface area contributed by atoms with E-state index < -0.39 is 0 Å². The summed E-state index contributed by atoms with van der Waals surface area (Å²) < 4.78 is 0. The topological polar surface area (TPSA) is 52.7 Å². The van der Waals surface area contributed by atoms with Crippen molar-refractivity contribution in [1.82, 2.24) is 15.1 Å². The van der Waals surface area contributed by atoms with Gasteiger partial charge in [0.25, 0.3) is 5.91 Å². The third kappa shape index (κ3) is 5.03. The van der Waals surface area contributed by atoms with Crippen molar-refractivity contribution in [2.24, 2.45) is 0 Å². The molecule has 2 amide bonds. The third-order valence-electron chi connectivity index (χ3n) is 4.30. The molecule has 0 radical (unpaired) electrons. The average molecular weight is 369 g/mol. The van der Waals surface area contributed by atoms with Crippen molar-refractivity contribution in [3.8, 4) is 0 Å². The van der Waals surface area contributed by atoms with Gasteiger partial charge in [0.05, 0.1) is 0 Å². The van der Waals surface area contributed by atoms with Crippen LogP contribution in [-0.2, 0) is 16.1 Å². The first-order valence-electron chi connectivity index (χ1n) is 8.69. The van der Waals surface area contributed by atoms with Crippen molar-refractivity contribution in [3.05, 3.63) is 64.0 Å². The number of nitrogens with zero attached hydrogens (tertiary/aromatic N) is 2. The Labute approximate surface area is 157 Å². The van der Waals surface area contributed by atoms with Gasteiger partial charge in [-0.15, -0.1) is 0 Å². The summed E-state index contributed by atoms with van der Waals surface area (Å²) in [5, 5.41) is 6.94. The molecule has 136 valence electrons. The second kappa shape index (κ2) is 8.78. The third-order valence-corrected chi connectivity index (χ3v) is 5.03. The van der Waals surface area contributed by atoms with Gasteiger partial charge >= 0.3 is 0 Å². The van der Waals surface area contributed by atoms with Gasteiger partial charge in [0, 0.05) is 39.6 Å². The Morgan fingerprint density at radius 1 is 1.12 bits per heavy atom. The Balaban J connectivity index is 1.64. The normalized spacial score (nSPS) is 15.7. The molecule has 1 aliphatic rings. The van der Waals surface area contributed by atoms with Crippen molar-refractivity contribution in [2.75, 3.05) is 26.2 Å². The summed E-state index contributed by atoms with van der Waals surface area (Å²) in [4.78, 5) is 28.6. The number of rotatable bonds is 5. The van der Waals surface area contributed by atoms with Crippen LogP contribution >= 0.6 is 11.3 Å². The standard InChI is InChI=1S/C20H23N3O2S/c1-16(24)21-19(13-17-5-3-2-4-6-17)20(25)23-10-8-22(9-11-23)14-18-7-12-26-15-18/h2-7,12-13,15H,8-11,14H2,1H3,(H,21,24)/b19-13-. The lowest BCUT2D eigenvalue weighted by molar-refractivity contribution is -0.130. The van der Waals surface area contributed by atoms with Crippen molar-refractivity contribution in [2.45, 2.75) is 13.5 Å². The van der Waals surface area contributed by atoms with Crippen LogP contribution in [0.5, 0.6) is 0 Å². The molecule has 1 aromatic carbocycles. The van der Waals surface area contributed by atoms with Gasteiger partial charge in [-0.3, -0.25) is 14.5 Å². The Morgan fingerprint density at radius 3 is 2.46 bits per heavy atom. The molecule has 6 heteroatoms. The zero-order chi connectivity index (χ0) is 18.4. The van der Waals surface area contributed by atoms with Crippen LogP contribution in [0.3, 0.4) is 0 Å². The number of carbonyl (C=O) groups is 2. The van der Waals surface area contributed by atoms with Gasteiger partial charge in [-0.2, -0.15) is 11.3 Å². The molecule has 5 nitrogen and oxygen atoms in total. The summed E-state index contributed by atoms with van der Waals surface area (Å²) in [6, 6.07) is 11.7. The summed E-state index contributed by atoms with van der Waals surface area (Å²) in [5.74, 6) is -0.365. The van der Waals surface area contributed by atoms with Gasteiger partial charge in [-0.05, 0) is 34.0 Å². The van der Waals surface area contributed by atoms with E-state index in [1.165, 1.54) is 12.5 Å². The zero-order valence-corrected chi connectivity index (χ0v) is 15.7. The van der Waals surface area contributed by atoms with E-state index in [-0.39, 0.29) is 11.8 Å². The minimum atomic E-state index is -0.239. The summed E-state index contributed by atoms with van der Waals surface area (Å²) in [5.41, 5.74) is 2.54. The van der Waals surface area contributed by atoms with Gasteiger partial charge in [0.2, 0.25) is 5.91 Å². The number of piperazine rings is 1. The molecule has 2 heterocycles. The number of hydrogen-bond acceptors (Lipinski definition) is 4. The minimum Gasteiger partial charge on any atom is -0.335 e. The molecule has 0 saturated carbocycles. The molecule has 3 rings (SSSR count). The number of thiophene rings is 1. The SMILES string of the molecule is CC(=O)N/C(=C\c1ccccc1)C(=O)N1CCN(Cc2ccsc2)CC1. The van der Waals surface area contributed by atoms with Crippen LogP contribution < -0.4 is 5.32 Å². The summed E-state index contributed by atoms with van der Waals surface area (Å²) in [7, 11) is 0. The van der Waals surface area contributed by atoms with E-state index in [1.807, 2.05) is 35.2 Å². The van der Waals surface area contributed by atoms with Crippen molar-refractivity contribution in [1.29, 1.82) is 0 Å². The van der Waals surface area contributed by atoms with E-state index in [0.29, 0.717) is 18.8 Å². The molecule has 1 fully saturated rings. The zero-order valence-electron chi connectivity index (χ0n) is 14.9. The number of benzene rings is 1. The molecule has 1 aliphatic heterocycles. The van der Waals surface area contributed by atoms with Crippen LogP contribution in [-0.4, -0.2) is 47.8 Å². The Kier molecular flexibility index (Phi) is 6.20. The molecule has 26 heavy (non-hydrogen) atoms. The van der Waals surface area contributed by atoms with E-state index in [4.69, 9.17) is 0 Å².